The van der Waals surface area contributed by atoms with Crippen LogP contribution < -0.4 is 5.46 Å². The van der Waals surface area contributed by atoms with Gasteiger partial charge in [0.05, 0.1) is 11.2 Å². The van der Waals surface area contributed by atoms with Gasteiger partial charge in [-0.05, 0) is 116 Å². The van der Waals surface area contributed by atoms with Crippen LogP contribution in [0.4, 0.5) is 0 Å². The fourth-order valence-corrected chi connectivity index (χ4v) is 6.72. The maximum atomic E-state index is 9.55. The lowest BCUT2D eigenvalue weighted by Crippen LogP contribution is -2.41. The van der Waals surface area contributed by atoms with Gasteiger partial charge in [-0.3, -0.25) is 0 Å². The SMILES string of the molecule is CCC1(c2cc(-c3ccc4cc(B5OC(C)(C)C(C)(C)O5)ccc4c3)ccc2CCCO)CCCC(C)C1. The number of aliphatic hydroxyl groups is 1. The van der Waals surface area contributed by atoms with Gasteiger partial charge < -0.3 is 14.4 Å². The Labute approximate surface area is 230 Å². The van der Waals surface area contributed by atoms with E-state index in [-0.39, 0.29) is 30.3 Å². The van der Waals surface area contributed by atoms with Crippen LogP contribution in [0.15, 0.2) is 54.6 Å². The fourth-order valence-electron chi connectivity index (χ4n) is 6.72. The largest absolute Gasteiger partial charge is 0.494 e. The highest BCUT2D eigenvalue weighted by Gasteiger charge is 2.51. The lowest BCUT2D eigenvalue weighted by atomic mass is 9.63. The minimum atomic E-state index is -0.346. The molecule has 0 amide bonds. The summed E-state index contributed by atoms with van der Waals surface area (Å²) < 4.78 is 12.6. The number of aryl methyl sites for hydroxylation is 1. The second-order valence-electron chi connectivity index (χ2n) is 12.9. The Morgan fingerprint density at radius 1 is 0.895 bits per heavy atom. The van der Waals surface area contributed by atoms with Crippen molar-refractivity contribution in [2.45, 2.75) is 103 Å². The van der Waals surface area contributed by atoms with Crippen molar-refractivity contribution >= 4 is 23.4 Å². The number of rotatable bonds is 7. The van der Waals surface area contributed by atoms with E-state index in [2.05, 4.69) is 96.1 Å². The molecule has 0 radical (unpaired) electrons. The molecule has 2 atom stereocenters. The third kappa shape index (κ3) is 5.08. The van der Waals surface area contributed by atoms with Crippen molar-refractivity contribution < 1.29 is 14.4 Å². The molecule has 1 heterocycles. The van der Waals surface area contributed by atoms with Crippen molar-refractivity contribution in [2.24, 2.45) is 5.92 Å². The lowest BCUT2D eigenvalue weighted by molar-refractivity contribution is 0.00578. The quantitative estimate of drug-likeness (QED) is 0.332. The predicted octanol–water partition coefficient (Wildman–Crippen LogP) is 7.59. The van der Waals surface area contributed by atoms with E-state index < -0.39 is 0 Å². The highest BCUT2D eigenvalue weighted by atomic mass is 16.7. The van der Waals surface area contributed by atoms with E-state index in [1.807, 2.05) is 0 Å². The number of benzene rings is 3. The monoisotopic (exact) mass is 512 g/mol. The van der Waals surface area contributed by atoms with Crippen LogP contribution in [0.25, 0.3) is 21.9 Å². The van der Waals surface area contributed by atoms with Crippen LogP contribution in [-0.2, 0) is 21.1 Å². The van der Waals surface area contributed by atoms with Crippen LogP contribution in [0, 0.1) is 5.92 Å². The van der Waals surface area contributed by atoms with Gasteiger partial charge in [0.2, 0.25) is 0 Å². The predicted molar refractivity (Wildman–Crippen MR) is 160 cm³/mol. The highest BCUT2D eigenvalue weighted by Crippen LogP contribution is 2.47. The van der Waals surface area contributed by atoms with Gasteiger partial charge in [0.1, 0.15) is 0 Å². The molecule has 3 aromatic carbocycles. The standard InChI is InChI=1S/C34H45BO3/c1-7-34(18-8-10-24(2)23-34)31-22-29(13-12-25(31)11-9-19-36)26-14-15-28-21-30(17-16-27(28)20-26)35-37-32(3,4)33(5,6)38-35/h12-17,20-22,24,36H,7-11,18-19,23H2,1-6H3. The summed E-state index contributed by atoms with van der Waals surface area (Å²) in [6.07, 6.45) is 8.11. The van der Waals surface area contributed by atoms with E-state index in [9.17, 15) is 5.11 Å². The molecular formula is C34H45BO3. The molecule has 1 saturated heterocycles. The Morgan fingerprint density at radius 3 is 2.24 bits per heavy atom. The van der Waals surface area contributed by atoms with Gasteiger partial charge in [0, 0.05) is 6.61 Å². The van der Waals surface area contributed by atoms with Crippen molar-refractivity contribution in [1.29, 1.82) is 0 Å². The van der Waals surface area contributed by atoms with Gasteiger partial charge in [-0.15, -0.1) is 0 Å². The third-order valence-electron chi connectivity index (χ3n) is 9.78. The lowest BCUT2D eigenvalue weighted by Gasteiger charge is -2.41. The summed E-state index contributed by atoms with van der Waals surface area (Å²) >= 11 is 0. The molecule has 1 aliphatic carbocycles. The molecule has 3 nitrogen and oxygen atoms in total. The Bertz CT molecular complexity index is 1280. The Morgan fingerprint density at radius 2 is 1.55 bits per heavy atom. The van der Waals surface area contributed by atoms with Gasteiger partial charge in [-0.2, -0.15) is 0 Å². The molecule has 4 heteroatoms. The van der Waals surface area contributed by atoms with Crippen LogP contribution in [0.2, 0.25) is 0 Å². The topological polar surface area (TPSA) is 38.7 Å². The minimum Gasteiger partial charge on any atom is -0.399 e. The zero-order chi connectivity index (χ0) is 27.1. The molecule has 38 heavy (non-hydrogen) atoms. The summed E-state index contributed by atoms with van der Waals surface area (Å²) in [6.45, 7) is 13.4. The second kappa shape index (κ2) is 10.4. The smallest absolute Gasteiger partial charge is 0.399 e. The van der Waals surface area contributed by atoms with E-state index in [1.54, 1.807) is 0 Å². The van der Waals surface area contributed by atoms with Gasteiger partial charge in [0.15, 0.2) is 0 Å². The van der Waals surface area contributed by atoms with Crippen LogP contribution in [0.5, 0.6) is 0 Å². The summed E-state index contributed by atoms with van der Waals surface area (Å²) in [5, 5.41) is 12.0. The first-order valence-corrected chi connectivity index (χ1v) is 14.7. The fraction of sp³-hybridized carbons (Fsp3) is 0.529. The average molecular weight is 513 g/mol. The molecule has 1 saturated carbocycles. The van der Waals surface area contributed by atoms with Crippen LogP contribution in [-0.4, -0.2) is 30.0 Å². The maximum Gasteiger partial charge on any atom is 0.494 e. The van der Waals surface area contributed by atoms with E-state index in [0.29, 0.717) is 0 Å². The van der Waals surface area contributed by atoms with Gasteiger partial charge >= 0.3 is 7.12 Å². The summed E-state index contributed by atoms with van der Waals surface area (Å²) in [5.41, 5.74) is 6.11. The van der Waals surface area contributed by atoms with Crippen LogP contribution in [0.3, 0.4) is 0 Å². The molecule has 2 aliphatic rings. The first-order valence-electron chi connectivity index (χ1n) is 14.7. The zero-order valence-electron chi connectivity index (χ0n) is 24.3. The molecular weight excluding hydrogens is 467 g/mol. The normalized spacial score (nSPS) is 24.7. The van der Waals surface area contributed by atoms with Crippen molar-refractivity contribution in [3.8, 4) is 11.1 Å². The summed E-state index contributed by atoms with van der Waals surface area (Å²) in [7, 11) is -0.346. The Balaban J connectivity index is 1.49. The number of fused-ring (bicyclic) bond motifs is 1. The molecule has 202 valence electrons. The van der Waals surface area contributed by atoms with Crippen molar-refractivity contribution in [3.63, 3.8) is 0 Å². The van der Waals surface area contributed by atoms with Crippen LogP contribution in [0.1, 0.15) is 91.2 Å². The maximum absolute atomic E-state index is 9.55. The summed E-state index contributed by atoms with van der Waals surface area (Å²) in [4.78, 5) is 0. The van der Waals surface area contributed by atoms with Crippen molar-refractivity contribution in [2.75, 3.05) is 6.61 Å². The number of hydrogen-bond donors (Lipinski definition) is 1. The molecule has 0 spiro atoms. The molecule has 1 N–H and O–H groups in total. The molecule has 5 rings (SSSR count). The molecule has 0 aromatic heterocycles. The first kappa shape index (κ1) is 27.4. The van der Waals surface area contributed by atoms with Gasteiger partial charge in [-0.25, -0.2) is 0 Å². The minimum absolute atomic E-state index is 0.243. The molecule has 1 aliphatic heterocycles. The summed E-state index contributed by atoms with van der Waals surface area (Å²) in [6, 6.07) is 20.5. The molecule has 3 aromatic rings. The van der Waals surface area contributed by atoms with E-state index in [1.165, 1.54) is 65.1 Å². The first-order chi connectivity index (χ1) is 18.1. The van der Waals surface area contributed by atoms with Crippen molar-refractivity contribution in [3.05, 3.63) is 65.7 Å². The third-order valence-corrected chi connectivity index (χ3v) is 9.78. The number of aliphatic hydroxyl groups excluding tert-OH is 1. The zero-order valence-corrected chi connectivity index (χ0v) is 24.3. The molecule has 0 bridgehead atoms. The average Bonchev–Trinajstić information content (AvgIpc) is 3.13. The van der Waals surface area contributed by atoms with Crippen molar-refractivity contribution in [1.82, 2.24) is 0 Å². The van der Waals surface area contributed by atoms with Gasteiger partial charge in [-0.1, -0.05) is 75.2 Å². The van der Waals surface area contributed by atoms with Crippen LogP contribution >= 0.6 is 0 Å². The van der Waals surface area contributed by atoms with E-state index in [4.69, 9.17) is 9.31 Å². The van der Waals surface area contributed by atoms with E-state index in [0.717, 1.165) is 24.2 Å². The number of hydrogen-bond acceptors (Lipinski definition) is 3. The summed E-state index contributed by atoms with van der Waals surface area (Å²) in [5.74, 6) is 0.761. The second-order valence-corrected chi connectivity index (χ2v) is 12.9. The highest BCUT2D eigenvalue weighted by molar-refractivity contribution is 6.62. The Hall–Kier alpha value is -2.14. The van der Waals surface area contributed by atoms with E-state index >= 15 is 0 Å². The molecule has 2 fully saturated rings. The Kier molecular flexibility index (Phi) is 7.54. The molecule has 2 unspecified atom stereocenters. The van der Waals surface area contributed by atoms with Gasteiger partial charge in [0.25, 0.3) is 0 Å².